The third-order valence-corrected chi connectivity index (χ3v) is 4.34. The summed E-state index contributed by atoms with van der Waals surface area (Å²) in [6.07, 6.45) is 0.455. The van der Waals surface area contributed by atoms with Crippen molar-refractivity contribution in [3.8, 4) is 5.75 Å². The van der Waals surface area contributed by atoms with Crippen molar-refractivity contribution >= 4 is 29.3 Å². The number of nitrogens with one attached hydrogen (secondary N) is 1. The number of carbonyl (C=O) groups excluding carboxylic acids is 1. The monoisotopic (exact) mass is 377 g/mol. The number of alkyl halides is 1. The van der Waals surface area contributed by atoms with E-state index in [1.807, 2.05) is 20.8 Å². The summed E-state index contributed by atoms with van der Waals surface area (Å²) in [5.41, 5.74) is 0.373. The number of carbonyl (C=O) groups is 1. The van der Waals surface area contributed by atoms with Gasteiger partial charge >= 0.3 is 6.09 Å². The van der Waals surface area contributed by atoms with Crippen LogP contribution in [0.1, 0.15) is 38.7 Å². The van der Waals surface area contributed by atoms with Crippen LogP contribution in [0.2, 0.25) is 10.0 Å². The highest BCUT2D eigenvalue weighted by atomic mass is 35.5. The molecule has 2 atom stereocenters. The Hall–Kier alpha value is -1.20. The Morgan fingerprint density at radius 2 is 2.00 bits per heavy atom. The molecule has 4 nitrogen and oxygen atoms in total. The third kappa shape index (κ3) is 5.42. The van der Waals surface area contributed by atoms with Crippen LogP contribution in [0.4, 0.5) is 9.18 Å². The van der Waals surface area contributed by atoms with Crippen LogP contribution in [-0.2, 0) is 4.74 Å². The number of halogens is 3. The van der Waals surface area contributed by atoms with E-state index in [1.54, 1.807) is 12.1 Å². The summed E-state index contributed by atoms with van der Waals surface area (Å²) in [4.78, 5) is 11.7. The summed E-state index contributed by atoms with van der Waals surface area (Å²) in [5.74, 6) is 1.01. The van der Waals surface area contributed by atoms with Crippen molar-refractivity contribution in [1.82, 2.24) is 5.32 Å². The molecule has 1 N–H and O–H groups in total. The molecule has 1 aromatic rings. The summed E-state index contributed by atoms with van der Waals surface area (Å²) in [6.45, 7) is 5.35. The largest absolute Gasteiger partial charge is 0.491 e. The van der Waals surface area contributed by atoms with Crippen molar-refractivity contribution in [2.45, 2.75) is 38.7 Å². The average Bonchev–Trinajstić information content (AvgIpc) is 3.23. The van der Waals surface area contributed by atoms with Gasteiger partial charge in [0.1, 0.15) is 24.6 Å². The molecule has 0 heterocycles. The summed E-state index contributed by atoms with van der Waals surface area (Å²) in [6, 6.07) is 3.38. The molecule has 2 rings (SSSR count). The number of hydrogen-bond donors (Lipinski definition) is 1. The van der Waals surface area contributed by atoms with E-state index in [9.17, 15) is 9.18 Å². The smallest absolute Gasteiger partial charge is 0.407 e. The average molecular weight is 378 g/mol. The predicted octanol–water partition coefficient (Wildman–Crippen LogP) is 4.97. The van der Waals surface area contributed by atoms with Gasteiger partial charge in [0.2, 0.25) is 0 Å². The second kappa shape index (κ2) is 7.79. The topological polar surface area (TPSA) is 47.6 Å². The number of amides is 1. The van der Waals surface area contributed by atoms with Gasteiger partial charge in [-0.2, -0.15) is 0 Å². The number of benzene rings is 1. The van der Waals surface area contributed by atoms with Gasteiger partial charge in [0.25, 0.3) is 0 Å². The Balaban J connectivity index is 1.96. The lowest BCUT2D eigenvalue weighted by atomic mass is 10.1. The third-order valence-electron chi connectivity index (χ3n) is 3.62. The first-order valence-electron chi connectivity index (χ1n) is 7.86. The van der Waals surface area contributed by atoms with Crippen LogP contribution < -0.4 is 10.1 Å². The highest BCUT2D eigenvalue weighted by Crippen LogP contribution is 2.51. The second-order valence-corrected chi connectivity index (χ2v) is 7.64. The fourth-order valence-electron chi connectivity index (χ4n) is 2.49. The molecule has 7 heteroatoms. The quantitative estimate of drug-likeness (QED) is 0.760. The Bertz CT molecular complexity index is 604. The van der Waals surface area contributed by atoms with E-state index in [-0.39, 0.29) is 18.4 Å². The van der Waals surface area contributed by atoms with E-state index >= 15 is 0 Å². The van der Waals surface area contributed by atoms with Crippen molar-refractivity contribution in [1.29, 1.82) is 0 Å². The molecule has 1 saturated carbocycles. The number of hydrogen-bond acceptors (Lipinski definition) is 3. The highest BCUT2D eigenvalue weighted by Gasteiger charge is 2.40. The Labute approximate surface area is 151 Å². The SMILES string of the molecule is CC(C)(C)OC(=O)NCC1CC1c1cc(Cl)c(Cl)cc1OCCF. The molecule has 0 saturated heterocycles. The van der Waals surface area contributed by atoms with Crippen molar-refractivity contribution in [2.75, 3.05) is 19.8 Å². The molecule has 1 aromatic carbocycles. The molecule has 2 unspecified atom stereocenters. The zero-order chi connectivity index (χ0) is 17.9. The van der Waals surface area contributed by atoms with Gasteiger partial charge in [-0.3, -0.25) is 0 Å². The van der Waals surface area contributed by atoms with Gasteiger partial charge in [0, 0.05) is 12.6 Å². The molecule has 0 radical (unpaired) electrons. The second-order valence-electron chi connectivity index (χ2n) is 6.83. The standard InChI is InChI=1S/C17H22Cl2FNO3/c1-17(2,3)24-16(22)21-9-10-6-11(10)12-7-13(18)14(19)8-15(12)23-5-4-20/h7-8,10-11H,4-6,9H2,1-3H3,(H,21,22). The molecular formula is C17H22Cl2FNO3. The van der Waals surface area contributed by atoms with E-state index < -0.39 is 18.4 Å². The molecule has 134 valence electrons. The molecule has 1 amide bonds. The first-order chi connectivity index (χ1) is 11.2. The van der Waals surface area contributed by atoms with Crippen molar-refractivity contribution < 1.29 is 18.7 Å². The number of alkyl carbamates (subject to hydrolysis) is 1. The van der Waals surface area contributed by atoms with Gasteiger partial charge in [0.05, 0.1) is 10.0 Å². The lowest BCUT2D eigenvalue weighted by Crippen LogP contribution is -2.33. The lowest BCUT2D eigenvalue weighted by molar-refractivity contribution is 0.0525. The minimum Gasteiger partial charge on any atom is -0.491 e. The van der Waals surface area contributed by atoms with Crippen LogP contribution in [0, 0.1) is 5.92 Å². The van der Waals surface area contributed by atoms with Gasteiger partial charge < -0.3 is 14.8 Å². The van der Waals surface area contributed by atoms with Crippen LogP contribution in [0.5, 0.6) is 5.75 Å². The molecular weight excluding hydrogens is 356 g/mol. The van der Waals surface area contributed by atoms with Crippen LogP contribution in [-0.4, -0.2) is 31.5 Å². The summed E-state index contributed by atoms with van der Waals surface area (Å²) in [5, 5.41) is 3.58. The number of rotatable bonds is 6. The Kier molecular flexibility index (Phi) is 6.21. The van der Waals surface area contributed by atoms with Gasteiger partial charge in [-0.25, -0.2) is 9.18 Å². The van der Waals surface area contributed by atoms with Gasteiger partial charge in [-0.05, 0) is 50.7 Å². The fourth-order valence-corrected chi connectivity index (χ4v) is 2.82. The van der Waals surface area contributed by atoms with E-state index in [1.165, 1.54) is 0 Å². The molecule has 0 aromatic heterocycles. The van der Waals surface area contributed by atoms with Gasteiger partial charge in [-0.15, -0.1) is 0 Å². The normalized spacial score (nSPS) is 19.8. The molecule has 1 fully saturated rings. The predicted molar refractivity (Wildman–Crippen MR) is 93.0 cm³/mol. The molecule has 0 aliphatic heterocycles. The molecule has 1 aliphatic rings. The van der Waals surface area contributed by atoms with Crippen LogP contribution in [0.3, 0.4) is 0 Å². The molecule has 1 aliphatic carbocycles. The van der Waals surface area contributed by atoms with Crippen LogP contribution >= 0.6 is 23.2 Å². The minimum atomic E-state index is -0.575. The van der Waals surface area contributed by atoms with Crippen LogP contribution in [0.15, 0.2) is 12.1 Å². The summed E-state index contributed by atoms with van der Waals surface area (Å²) < 4.78 is 23.0. The van der Waals surface area contributed by atoms with E-state index in [2.05, 4.69) is 5.32 Å². The van der Waals surface area contributed by atoms with E-state index in [0.29, 0.717) is 22.3 Å². The Morgan fingerprint density at radius 1 is 1.33 bits per heavy atom. The number of ether oxygens (including phenoxy) is 2. The minimum absolute atomic E-state index is 0.0293. The lowest BCUT2D eigenvalue weighted by Gasteiger charge is -2.19. The maximum atomic E-state index is 12.4. The van der Waals surface area contributed by atoms with E-state index in [0.717, 1.165) is 12.0 Å². The van der Waals surface area contributed by atoms with Gasteiger partial charge in [-0.1, -0.05) is 23.2 Å². The fraction of sp³-hybridized carbons (Fsp3) is 0.588. The molecule has 24 heavy (non-hydrogen) atoms. The first-order valence-corrected chi connectivity index (χ1v) is 8.61. The van der Waals surface area contributed by atoms with E-state index in [4.69, 9.17) is 32.7 Å². The maximum Gasteiger partial charge on any atom is 0.407 e. The van der Waals surface area contributed by atoms with Crippen LogP contribution in [0.25, 0.3) is 0 Å². The summed E-state index contributed by atoms with van der Waals surface area (Å²) >= 11 is 12.1. The van der Waals surface area contributed by atoms with Crippen molar-refractivity contribution in [3.63, 3.8) is 0 Å². The maximum absolute atomic E-state index is 12.4. The first kappa shape index (κ1) is 19.1. The molecule has 0 bridgehead atoms. The van der Waals surface area contributed by atoms with Crippen molar-refractivity contribution in [3.05, 3.63) is 27.7 Å². The highest BCUT2D eigenvalue weighted by molar-refractivity contribution is 6.42. The zero-order valence-corrected chi connectivity index (χ0v) is 15.5. The Morgan fingerprint density at radius 3 is 2.62 bits per heavy atom. The van der Waals surface area contributed by atoms with Crippen molar-refractivity contribution in [2.24, 2.45) is 5.92 Å². The molecule has 0 spiro atoms. The summed E-state index contributed by atoms with van der Waals surface area (Å²) in [7, 11) is 0. The zero-order valence-electron chi connectivity index (χ0n) is 14.0. The van der Waals surface area contributed by atoms with Gasteiger partial charge in [0.15, 0.2) is 0 Å².